The topological polar surface area (TPSA) is 35.0 Å². The van der Waals surface area contributed by atoms with E-state index in [1.54, 1.807) is 12.4 Å². The van der Waals surface area contributed by atoms with Gasteiger partial charge in [0.2, 0.25) is 0 Å². The Morgan fingerprint density at radius 1 is 0.870 bits per heavy atom. The minimum absolute atomic E-state index is 0.721. The van der Waals surface area contributed by atoms with E-state index in [4.69, 9.17) is 4.74 Å². The molecule has 0 saturated heterocycles. The predicted molar refractivity (Wildman–Crippen MR) is 94.4 cm³/mol. The van der Waals surface area contributed by atoms with E-state index >= 15 is 0 Å². The number of hydrogen-bond acceptors (Lipinski definition) is 3. The van der Waals surface area contributed by atoms with Gasteiger partial charge in [-0.25, -0.2) is 9.97 Å². The van der Waals surface area contributed by atoms with Gasteiger partial charge in [-0.15, -0.1) is 0 Å². The molecule has 23 heavy (non-hydrogen) atoms. The quantitative estimate of drug-likeness (QED) is 0.517. The van der Waals surface area contributed by atoms with Crippen molar-refractivity contribution in [2.45, 2.75) is 58.3 Å². The molecule has 1 aromatic carbocycles. The average Bonchev–Trinajstić information content (AvgIpc) is 2.62. The minimum atomic E-state index is 0.721. The smallest absolute Gasteiger partial charge is 0.159 e. The maximum Gasteiger partial charge on any atom is 0.159 e. The number of benzene rings is 1. The zero-order valence-corrected chi connectivity index (χ0v) is 14.1. The average molecular weight is 311 g/mol. The Morgan fingerprint density at radius 2 is 1.48 bits per heavy atom. The summed E-state index contributed by atoms with van der Waals surface area (Å²) < 4.78 is 5.71. The van der Waals surface area contributed by atoms with E-state index < -0.39 is 0 Å². The molecule has 0 amide bonds. The molecule has 2 rings (SSSR count). The van der Waals surface area contributed by atoms with Crippen LogP contribution in [0.3, 0.4) is 0 Å². The molecule has 2 aromatic rings. The summed E-state index contributed by atoms with van der Waals surface area (Å²) in [6.07, 6.45) is 14.0. The Bertz CT molecular complexity index is 525. The van der Waals surface area contributed by atoms with Crippen LogP contribution in [0.5, 0.6) is 5.75 Å². The highest BCUT2D eigenvalue weighted by Gasteiger charge is 2.01. The normalized spacial score (nSPS) is 10.7. The molecule has 123 valence electrons. The first-order valence-electron chi connectivity index (χ1n) is 8.81. The molecule has 0 bridgehead atoms. The lowest BCUT2D eigenvalue weighted by Crippen LogP contribution is -1.99. The van der Waals surface area contributed by atoms with Gasteiger partial charge in [0, 0.05) is 5.56 Å². The molecular formula is C20H27N2O. The largest absolute Gasteiger partial charge is 0.490 e. The third-order valence-corrected chi connectivity index (χ3v) is 3.87. The van der Waals surface area contributed by atoms with Crippen molar-refractivity contribution in [3.63, 3.8) is 0 Å². The fourth-order valence-electron chi connectivity index (χ4n) is 2.50. The Hall–Kier alpha value is -1.90. The van der Waals surface area contributed by atoms with Gasteiger partial charge >= 0.3 is 0 Å². The van der Waals surface area contributed by atoms with Crippen LogP contribution >= 0.6 is 0 Å². The first-order chi connectivity index (χ1) is 11.4. The maximum atomic E-state index is 5.71. The number of ether oxygens (including phenoxy) is 1. The van der Waals surface area contributed by atoms with Gasteiger partial charge in [-0.05, 0) is 12.5 Å². The van der Waals surface area contributed by atoms with Crippen LogP contribution in [-0.2, 0) is 0 Å². The second-order valence-corrected chi connectivity index (χ2v) is 5.85. The highest BCUT2D eigenvalue weighted by Crippen LogP contribution is 2.16. The van der Waals surface area contributed by atoms with E-state index in [1.165, 1.54) is 44.9 Å². The van der Waals surface area contributed by atoms with E-state index in [9.17, 15) is 0 Å². The van der Waals surface area contributed by atoms with Crippen molar-refractivity contribution in [3.05, 3.63) is 42.7 Å². The molecule has 1 aromatic heterocycles. The van der Waals surface area contributed by atoms with Crippen LogP contribution < -0.4 is 4.74 Å². The molecule has 0 unspecified atom stereocenters. The summed E-state index contributed by atoms with van der Waals surface area (Å²) in [6.45, 7) is 3.00. The number of unbranched alkanes of at least 4 members (excludes halogenated alkanes) is 7. The molecule has 0 saturated carbocycles. The number of rotatable bonds is 11. The molecule has 0 spiro atoms. The van der Waals surface area contributed by atoms with Crippen LogP contribution in [0.1, 0.15) is 58.3 Å². The Balaban J connectivity index is 1.60. The van der Waals surface area contributed by atoms with Gasteiger partial charge in [-0.3, -0.25) is 0 Å². The zero-order valence-electron chi connectivity index (χ0n) is 14.1. The van der Waals surface area contributed by atoms with E-state index in [2.05, 4.69) is 23.0 Å². The Kier molecular flexibility index (Phi) is 8.17. The van der Waals surface area contributed by atoms with Crippen molar-refractivity contribution in [1.29, 1.82) is 0 Å². The maximum absolute atomic E-state index is 5.71. The fraction of sp³-hybridized carbons (Fsp3) is 0.500. The lowest BCUT2D eigenvalue weighted by Gasteiger charge is -2.06. The molecule has 1 radical (unpaired) electrons. The summed E-state index contributed by atoms with van der Waals surface area (Å²) in [5, 5.41) is 0. The van der Waals surface area contributed by atoms with Crippen molar-refractivity contribution < 1.29 is 4.74 Å². The summed E-state index contributed by atoms with van der Waals surface area (Å²) in [7, 11) is 0. The van der Waals surface area contributed by atoms with Crippen LogP contribution in [0, 0.1) is 6.07 Å². The summed E-state index contributed by atoms with van der Waals surface area (Å²) in [5.41, 5.74) is 0.998. The van der Waals surface area contributed by atoms with Crippen LogP contribution in [-0.4, -0.2) is 16.6 Å². The van der Waals surface area contributed by atoms with Crippen molar-refractivity contribution in [3.8, 4) is 17.1 Å². The third-order valence-electron chi connectivity index (χ3n) is 3.87. The summed E-state index contributed by atoms with van der Waals surface area (Å²) in [5.74, 6) is 1.47. The lowest BCUT2D eigenvalue weighted by atomic mass is 10.1. The van der Waals surface area contributed by atoms with E-state index in [-0.39, 0.29) is 0 Å². The first-order valence-corrected chi connectivity index (χ1v) is 8.81. The number of hydrogen-bond donors (Lipinski definition) is 0. The predicted octanol–water partition coefficient (Wildman–Crippen LogP) is 5.46. The molecule has 3 heteroatoms. The molecule has 0 aliphatic carbocycles. The highest BCUT2D eigenvalue weighted by molar-refractivity contribution is 5.54. The van der Waals surface area contributed by atoms with Gasteiger partial charge in [0.05, 0.1) is 19.0 Å². The number of nitrogens with zero attached hydrogens (tertiary/aromatic N) is 2. The molecule has 1 heterocycles. The van der Waals surface area contributed by atoms with Crippen LogP contribution in [0.4, 0.5) is 0 Å². The van der Waals surface area contributed by atoms with Crippen molar-refractivity contribution in [2.75, 3.05) is 6.61 Å². The van der Waals surface area contributed by atoms with Gasteiger partial charge in [-0.2, -0.15) is 0 Å². The van der Waals surface area contributed by atoms with Gasteiger partial charge in [-0.1, -0.05) is 76.1 Å². The Morgan fingerprint density at radius 3 is 2.13 bits per heavy atom. The van der Waals surface area contributed by atoms with Gasteiger partial charge in [0.15, 0.2) is 11.6 Å². The molecular weight excluding hydrogens is 284 g/mol. The zero-order chi connectivity index (χ0) is 16.2. The van der Waals surface area contributed by atoms with Crippen LogP contribution in [0.2, 0.25) is 0 Å². The molecule has 3 nitrogen and oxygen atoms in total. The monoisotopic (exact) mass is 311 g/mol. The molecule has 0 aliphatic heterocycles. The lowest BCUT2D eigenvalue weighted by molar-refractivity contribution is 0.302. The summed E-state index contributed by atoms with van der Waals surface area (Å²) >= 11 is 0. The van der Waals surface area contributed by atoms with E-state index in [0.29, 0.717) is 0 Å². The Labute approximate surface area is 140 Å². The van der Waals surface area contributed by atoms with E-state index in [1.807, 2.05) is 24.3 Å². The standard InChI is InChI=1S/C20H27N2O/c1-2-3-4-5-6-7-8-12-15-23-19-16-21-20(22-17-19)18-13-10-9-11-14-18/h10-11,13-14,16-17H,2-8,12,15H2,1H3. The third kappa shape index (κ3) is 6.81. The summed E-state index contributed by atoms with van der Waals surface area (Å²) in [4.78, 5) is 8.71. The number of aromatic nitrogens is 2. The first kappa shape index (κ1) is 17.5. The van der Waals surface area contributed by atoms with Crippen molar-refractivity contribution in [2.24, 2.45) is 0 Å². The van der Waals surface area contributed by atoms with Gasteiger partial charge in [0.1, 0.15) is 0 Å². The molecule has 0 aliphatic rings. The fourth-order valence-corrected chi connectivity index (χ4v) is 2.50. The molecule has 0 fully saturated rings. The van der Waals surface area contributed by atoms with Crippen LogP contribution in [0.15, 0.2) is 36.7 Å². The SMILES string of the molecule is CCCCCCCCCCOc1cnc(-c2cc[c]cc2)nc1. The van der Waals surface area contributed by atoms with Gasteiger partial charge < -0.3 is 4.74 Å². The second kappa shape index (κ2) is 10.8. The van der Waals surface area contributed by atoms with E-state index in [0.717, 1.165) is 30.2 Å². The van der Waals surface area contributed by atoms with Gasteiger partial charge in [0.25, 0.3) is 0 Å². The minimum Gasteiger partial charge on any atom is -0.490 e. The molecule has 0 atom stereocenters. The van der Waals surface area contributed by atoms with Crippen molar-refractivity contribution in [1.82, 2.24) is 9.97 Å². The van der Waals surface area contributed by atoms with Crippen LogP contribution in [0.25, 0.3) is 11.4 Å². The molecule has 0 N–H and O–H groups in total. The van der Waals surface area contributed by atoms with Crippen molar-refractivity contribution >= 4 is 0 Å². The second-order valence-electron chi connectivity index (χ2n) is 5.85. The summed E-state index contributed by atoms with van der Waals surface area (Å²) in [6, 6.07) is 10.6. The highest BCUT2D eigenvalue weighted by atomic mass is 16.5.